The fourth-order valence-corrected chi connectivity index (χ4v) is 7.35. The Morgan fingerprint density at radius 3 is 2.25 bits per heavy atom. The largest absolute Gasteiger partial charge is 0.368 e. The Hall–Kier alpha value is -0.863. The maximum atomic E-state index is 6.73. The molecule has 0 aromatic heterocycles. The molecule has 0 fully saturated rings. The van der Waals surface area contributed by atoms with Crippen LogP contribution in [0.3, 0.4) is 0 Å². The summed E-state index contributed by atoms with van der Waals surface area (Å²) in [6, 6.07) is 0. The highest BCUT2D eigenvalue weighted by Gasteiger charge is 2.52. The Balaban J connectivity index is 2.47. The van der Waals surface area contributed by atoms with Crippen LogP contribution in [0.15, 0.2) is 47.2 Å². The molecule has 0 aromatic rings. The van der Waals surface area contributed by atoms with Gasteiger partial charge in [0.1, 0.15) is 8.07 Å². The molecule has 2 heteroatoms. The van der Waals surface area contributed by atoms with Gasteiger partial charge in [-0.15, -0.1) is 0 Å². The van der Waals surface area contributed by atoms with Gasteiger partial charge in [-0.25, -0.2) is 0 Å². The molecule has 0 heterocycles. The van der Waals surface area contributed by atoms with Crippen LogP contribution >= 0.6 is 0 Å². The zero-order valence-electron chi connectivity index (χ0n) is 13.8. The maximum absolute atomic E-state index is 6.73. The first-order valence-corrected chi connectivity index (χ1v) is 10.6. The Morgan fingerprint density at radius 1 is 1.10 bits per heavy atom. The van der Waals surface area contributed by atoms with E-state index in [1.165, 1.54) is 5.57 Å². The Bertz CT molecular complexity index is 500. The fourth-order valence-electron chi connectivity index (χ4n) is 3.43. The van der Waals surface area contributed by atoms with Gasteiger partial charge in [0, 0.05) is 0 Å². The van der Waals surface area contributed by atoms with Crippen LogP contribution < -0.4 is 0 Å². The van der Waals surface area contributed by atoms with Gasteiger partial charge in [0.05, 0.1) is 10.8 Å². The second-order valence-electron chi connectivity index (χ2n) is 7.47. The number of hydrogen-bond acceptors (Lipinski definition) is 1. The molecule has 110 valence electrons. The van der Waals surface area contributed by atoms with Crippen LogP contribution in [0.1, 0.15) is 40.5 Å². The lowest BCUT2D eigenvalue weighted by atomic mass is 10.0. The van der Waals surface area contributed by atoms with Crippen molar-refractivity contribution in [1.29, 1.82) is 0 Å². The van der Waals surface area contributed by atoms with Gasteiger partial charge in [0.2, 0.25) is 0 Å². The Labute approximate surface area is 125 Å². The van der Waals surface area contributed by atoms with Crippen LogP contribution in [0.4, 0.5) is 0 Å². The van der Waals surface area contributed by atoms with Crippen molar-refractivity contribution in [3.05, 3.63) is 47.2 Å². The van der Waals surface area contributed by atoms with Crippen molar-refractivity contribution in [3.8, 4) is 0 Å². The van der Waals surface area contributed by atoms with Crippen molar-refractivity contribution in [2.45, 2.75) is 64.5 Å². The van der Waals surface area contributed by atoms with Crippen LogP contribution in [-0.2, 0) is 4.74 Å². The lowest BCUT2D eigenvalue weighted by Crippen LogP contribution is -2.61. The van der Waals surface area contributed by atoms with Gasteiger partial charge in [-0.2, -0.15) is 0 Å². The van der Waals surface area contributed by atoms with E-state index < -0.39 is 8.07 Å². The summed E-state index contributed by atoms with van der Waals surface area (Å²) in [5.41, 5.74) is 1.26. The first-order valence-electron chi connectivity index (χ1n) is 7.59. The lowest BCUT2D eigenvalue weighted by Gasteiger charge is -2.51. The number of rotatable bonds is 3. The molecule has 20 heavy (non-hydrogen) atoms. The molecule has 2 aliphatic carbocycles. The molecule has 2 rings (SSSR count). The average Bonchev–Trinajstić information content (AvgIpc) is 2.84. The van der Waals surface area contributed by atoms with Crippen LogP contribution in [0, 0.1) is 0 Å². The molecule has 1 atom stereocenters. The molecule has 0 spiro atoms. The molecular weight excluding hydrogens is 260 g/mol. The summed E-state index contributed by atoms with van der Waals surface area (Å²) in [5, 5.41) is 1.49. The second-order valence-corrected chi connectivity index (χ2v) is 12.2. The standard InChI is InChI=1S/C18H28OSi/c1-15-11-9-10-14-18(15,19-17(2,3)4)20(5,6)16-12-7-8-13-16/h7-12H,13-14H2,1-6H3. The van der Waals surface area contributed by atoms with Crippen LogP contribution in [-0.4, -0.2) is 18.9 Å². The minimum Gasteiger partial charge on any atom is -0.368 e. The topological polar surface area (TPSA) is 9.23 Å². The van der Waals surface area contributed by atoms with E-state index >= 15 is 0 Å². The molecule has 0 bridgehead atoms. The second kappa shape index (κ2) is 5.16. The van der Waals surface area contributed by atoms with E-state index in [1.807, 2.05) is 0 Å². The zero-order chi connectivity index (χ0) is 15.0. The van der Waals surface area contributed by atoms with E-state index in [2.05, 4.69) is 77.2 Å². The summed E-state index contributed by atoms with van der Waals surface area (Å²) in [4.78, 5) is 0. The average molecular weight is 289 g/mol. The van der Waals surface area contributed by atoms with Gasteiger partial charge < -0.3 is 4.74 Å². The fraction of sp³-hybridized carbons (Fsp3) is 0.556. The van der Waals surface area contributed by atoms with Gasteiger partial charge in [0.25, 0.3) is 0 Å². The van der Waals surface area contributed by atoms with Crippen molar-refractivity contribution in [1.82, 2.24) is 0 Å². The van der Waals surface area contributed by atoms with Crippen molar-refractivity contribution in [3.63, 3.8) is 0 Å². The summed E-state index contributed by atoms with van der Waals surface area (Å²) in [7, 11) is -1.74. The quantitative estimate of drug-likeness (QED) is 0.655. The van der Waals surface area contributed by atoms with Gasteiger partial charge in [-0.05, 0) is 46.1 Å². The van der Waals surface area contributed by atoms with Crippen molar-refractivity contribution in [2.24, 2.45) is 0 Å². The molecule has 0 radical (unpaired) electrons. The highest BCUT2D eigenvalue weighted by atomic mass is 28.3. The molecule has 0 saturated carbocycles. The van der Waals surface area contributed by atoms with E-state index in [4.69, 9.17) is 4.74 Å². The number of hydrogen-bond donors (Lipinski definition) is 0. The third-order valence-corrected chi connectivity index (χ3v) is 9.28. The normalized spacial score (nSPS) is 26.7. The van der Waals surface area contributed by atoms with Gasteiger partial charge in [0.15, 0.2) is 0 Å². The SMILES string of the molecule is CC1=CC=CCC1(OC(C)(C)C)[Si](C)(C)C1=CC=CC1. The Kier molecular flexibility index (Phi) is 4.00. The highest BCUT2D eigenvalue weighted by molar-refractivity contribution is 6.87. The maximum Gasteiger partial charge on any atom is 0.118 e. The first kappa shape index (κ1) is 15.5. The highest BCUT2D eigenvalue weighted by Crippen LogP contribution is 2.45. The molecule has 0 aliphatic heterocycles. The molecule has 1 nitrogen and oxygen atoms in total. The molecule has 2 aliphatic rings. The molecule has 0 aromatic carbocycles. The first-order chi connectivity index (χ1) is 9.19. The molecule has 0 N–H and O–H groups in total. The smallest absolute Gasteiger partial charge is 0.118 e. The van der Waals surface area contributed by atoms with Gasteiger partial charge >= 0.3 is 0 Å². The van der Waals surface area contributed by atoms with E-state index in [9.17, 15) is 0 Å². The predicted molar refractivity (Wildman–Crippen MR) is 90.4 cm³/mol. The minimum absolute atomic E-state index is 0.113. The third-order valence-electron chi connectivity index (χ3n) is 4.59. The third kappa shape index (κ3) is 2.64. The van der Waals surface area contributed by atoms with Crippen LogP contribution in [0.25, 0.3) is 0 Å². The van der Waals surface area contributed by atoms with Gasteiger partial charge in [-0.3, -0.25) is 0 Å². The monoisotopic (exact) mass is 288 g/mol. The molecule has 0 saturated heterocycles. The summed E-state index contributed by atoms with van der Waals surface area (Å²) in [6.45, 7) is 13.7. The predicted octanol–water partition coefficient (Wildman–Crippen LogP) is 5.12. The van der Waals surface area contributed by atoms with E-state index in [0.717, 1.165) is 12.8 Å². The summed E-state index contributed by atoms with van der Waals surface area (Å²) in [5.74, 6) is 0. The van der Waals surface area contributed by atoms with Crippen LogP contribution in [0.5, 0.6) is 0 Å². The van der Waals surface area contributed by atoms with Crippen molar-refractivity contribution < 1.29 is 4.74 Å². The molecule has 1 unspecified atom stereocenters. The summed E-state index contributed by atoms with van der Waals surface area (Å²) < 4.78 is 6.73. The van der Waals surface area contributed by atoms with Gasteiger partial charge in [-0.1, -0.05) is 54.7 Å². The number of allylic oxidation sites excluding steroid dienone is 6. The van der Waals surface area contributed by atoms with E-state index in [0.29, 0.717) is 0 Å². The minimum atomic E-state index is -1.74. The van der Waals surface area contributed by atoms with E-state index in [1.54, 1.807) is 5.20 Å². The van der Waals surface area contributed by atoms with Crippen molar-refractivity contribution >= 4 is 8.07 Å². The molecule has 0 amide bonds. The van der Waals surface area contributed by atoms with Crippen molar-refractivity contribution in [2.75, 3.05) is 0 Å². The summed E-state index contributed by atoms with van der Waals surface area (Å²) >= 11 is 0. The lowest BCUT2D eigenvalue weighted by molar-refractivity contribution is -0.0716. The van der Waals surface area contributed by atoms with Crippen LogP contribution in [0.2, 0.25) is 13.1 Å². The summed E-state index contributed by atoms with van der Waals surface area (Å²) in [6.07, 6.45) is 15.6. The number of ether oxygens (including phenoxy) is 1. The Morgan fingerprint density at radius 2 is 1.75 bits per heavy atom. The van der Waals surface area contributed by atoms with E-state index in [-0.39, 0.29) is 10.8 Å². The molecular formula is C18H28OSi. The zero-order valence-corrected chi connectivity index (χ0v) is 14.8.